The summed E-state index contributed by atoms with van der Waals surface area (Å²) in [7, 11) is 0. The average molecular weight is 313 g/mol. The topological polar surface area (TPSA) is 98.0 Å². The van der Waals surface area contributed by atoms with Gasteiger partial charge in [0.15, 0.2) is 10.3 Å². The van der Waals surface area contributed by atoms with Crippen molar-refractivity contribution in [2.24, 2.45) is 0 Å². The quantitative estimate of drug-likeness (QED) is 0.533. The SMILES string of the molecule is O=C(Nc1c(Cl)ncnc1Cl)c1ccc([N+](=O)[O-])cc1. The average Bonchev–Trinajstić information content (AvgIpc) is 2.43. The fourth-order valence-corrected chi connectivity index (χ4v) is 1.78. The first-order valence-corrected chi connectivity index (χ1v) is 5.96. The van der Waals surface area contributed by atoms with Gasteiger partial charge in [-0.25, -0.2) is 9.97 Å². The molecular formula is C11H6Cl2N4O3. The minimum atomic E-state index is -0.555. The number of nitrogens with one attached hydrogen (secondary N) is 1. The Labute approximate surface area is 122 Å². The van der Waals surface area contributed by atoms with Crippen molar-refractivity contribution >= 4 is 40.5 Å². The first kappa shape index (κ1) is 14.2. The van der Waals surface area contributed by atoms with Crippen molar-refractivity contribution in [3.8, 4) is 0 Å². The number of aromatic nitrogens is 2. The maximum Gasteiger partial charge on any atom is 0.269 e. The predicted molar refractivity (Wildman–Crippen MR) is 73.1 cm³/mol. The number of halogens is 2. The van der Waals surface area contributed by atoms with Gasteiger partial charge < -0.3 is 5.32 Å². The number of nitro groups is 1. The molecule has 2 rings (SSSR count). The molecule has 1 aromatic carbocycles. The lowest BCUT2D eigenvalue weighted by atomic mass is 10.2. The van der Waals surface area contributed by atoms with E-state index >= 15 is 0 Å². The highest BCUT2D eigenvalue weighted by atomic mass is 35.5. The molecule has 0 saturated carbocycles. The Kier molecular flexibility index (Phi) is 4.11. The van der Waals surface area contributed by atoms with Gasteiger partial charge in [-0.3, -0.25) is 14.9 Å². The lowest BCUT2D eigenvalue weighted by molar-refractivity contribution is -0.384. The van der Waals surface area contributed by atoms with E-state index in [4.69, 9.17) is 23.2 Å². The maximum absolute atomic E-state index is 11.9. The second-order valence-corrected chi connectivity index (χ2v) is 4.30. The van der Waals surface area contributed by atoms with Gasteiger partial charge in [0.1, 0.15) is 12.0 Å². The molecule has 0 bridgehead atoms. The maximum atomic E-state index is 11.9. The van der Waals surface area contributed by atoms with E-state index < -0.39 is 10.8 Å². The van der Waals surface area contributed by atoms with Crippen LogP contribution in [0.25, 0.3) is 0 Å². The van der Waals surface area contributed by atoms with E-state index in [0.717, 1.165) is 6.33 Å². The van der Waals surface area contributed by atoms with Crippen LogP contribution in [-0.2, 0) is 0 Å². The lowest BCUT2D eigenvalue weighted by Crippen LogP contribution is -2.13. The molecule has 0 spiro atoms. The molecule has 0 saturated heterocycles. The second-order valence-electron chi connectivity index (χ2n) is 3.59. The summed E-state index contributed by atoms with van der Waals surface area (Å²) in [6, 6.07) is 5.08. The highest BCUT2D eigenvalue weighted by molar-refractivity contribution is 6.38. The fraction of sp³-hybridized carbons (Fsp3) is 0. The van der Waals surface area contributed by atoms with Crippen molar-refractivity contribution in [3.63, 3.8) is 0 Å². The van der Waals surface area contributed by atoms with Crippen molar-refractivity contribution in [2.45, 2.75) is 0 Å². The number of amides is 1. The first-order chi connectivity index (χ1) is 9.49. The molecule has 1 amide bonds. The zero-order valence-corrected chi connectivity index (χ0v) is 11.2. The molecule has 0 unspecified atom stereocenters. The summed E-state index contributed by atoms with van der Waals surface area (Å²) in [6.45, 7) is 0. The molecule has 2 aromatic rings. The number of hydrogen-bond acceptors (Lipinski definition) is 5. The van der Waals surface area contributed by atoms with Crippen LogP contribution >= 0.6 is 23.2 Å². The Bertz CT molecular complexity index is 656. The first-order valence-electron chi connectivity index (χ1n) is 5.21. The van der Waals surface area contributed by atoms with Crippen LogP contribution in [0.5, 0.6) is 0 Å². The molecule has 1 N–H and O–H groups in total. The Balaban J connectivity index is 2.22. The summed E-state index contributed by atoms with van der Waals surface area (Å²) in [5.41, 5.74) is 0.187. The number of carbonyl (C=O) groups is 1. The molecule has 0 aliphatic rings. The van der Waals surface area contributed by atoms with E-state index in [1.807, 2.05) is 0 Å². The Morgan fingerprint density at radius 2 is 1.70 bits per heavy atom. The molecule has 0 radical (unpaired) electrons. The van der Waals surface area contributed by atoms with Crippen molar-refractivity contribution in [2.75, 3.05) is 5.32 Å². The van der Waals surface area contributed by atoms with Crippen LogP contribution in [0.1, 0.15) is 10.4 Å². The van der Waals surface area contributed by atoms with Gasteiger partial charge in [-0.2, -0.15) is 0 Å². The third kappa shape index (κ3) is 3.01. The van der Waals surface area contributed by atoms with Crippen LogP contribution in [0.15, 0.2) is 30.6 Å². The van der Waals surface area contributed by atoms with E-state index in [1.165, 1.54) is 24.3 Å². The van der Waals surface area contributed by atoms with Gasteiger partial charge in [0.2, 0.25) is 0 Å². The van der Waals surface area contributed by atoms with Gasteiger partial charge in [-0.15, -0.1) is 0 Å². The van der Waals surface area contributed by atoms with Crippen LogP contribution in [0.4, 0.5) is 11.4 Å². The van der Waals surface area contributed by atoms with Crippen molar-refractivity contribution < 1.29 is 9.72 Å². The third-order valence-electron chi connectivity index (χ3n) is 2.33. The van der Waals surface area contributed by atoms with Crippen LogP contribution in [0, 0.1) is 10.1 Å². The summed E-state index contributed by atoms with van der Waals surface area (Å²) >= 11 is 11.6. The number of hydrogen-bond donors (Lipinski definition) is 1. The highest BCUT2D eigenvalue weighted by Gasteiger charge is 2.14. The molecule has 0 atom stereocenters. The number of nitrogens with zero attached hydrogens (tertiary/aromatic N) is 3. The molecule has 1 aromatic heterocycles. The Morgan fingerprint density at radius 3 is 2.20 bits per heavy atom. The van der Waals surface area contributed by atoms with Gasteiger partial charge >= 0.3 is 0 Å². The summed E-state index contributed by atoms with van der Waals surface area (Å²) in [5.74, 6) is -0.529. The smallest absolute Gasteiger partial charge is 0.269 e. The van der Waals surface area contributed by atoms with Crippen molar-refractivity contribution in [1.29, 1.82) is 0 Å². The zero-order chi connectivity index (χ0) is 14.7. The van der Waals surface area contributed by atoms with Crippen LogP contribution in [0.3, 0.4) is 0 Å². The summed E-state index contributed by atoms with van der Waals surface area (Å²) in [6.07, 6.45) is 1.16. The molecular weight excluding hydrogens is 307 g/mol. The Morgan fingerprint density at radius 1 is 1.15 bits per heavy atom. The predicted octanol–water partition coefficient (Wildman–Crippen LogP) is 2.94. The van der Waals surface area contributed by atoms with Gasteiger partial charge in [-0.1, -0.05) is 23.2 Å². The van der Waals surface area contributed by atoms with Crippen LogP contribution in [-0.4, -0.2) is 20.8 Å². The monoisotopic (exact) mass is 312 g/mol. The van der Waals surface area contributed by atoms with Crippen LogP contribution < -0.4 is 5.32 Å². The van der Waals surface area contributed by atoms with E-state index in [2.05, 4.69) is 15.3 Å². The molecule has 102 valence electrons. The van der Waals surface area contributed by atoms with Crippen LogP contribution in [0.2, 0.25) is 10.3 Å². The molecule has 0 fully saturated rings. The van der Waals surface area contributed by atoms with E-state index in [1.54, 1.807) is 0 Å². The zero-order valence-electron chi connectivity index (χ0n) is 9.71. The number of benzene rings is 1. The molecule has 7 nitrogen and oxygen atoms in total. The highest BCUT2D eigenvalue weighted by Crippen LogP contribution is 2.26. The summed E-state index contributed by atoms with van der Waals surface area (Å²) < 4.78 is 0. The normalized spacial score (nSPS) is 10.1. The molecule has 9 heteroatoms. The van der Waals surface area contributed by atoms with Gasteiger partial charge in [0.25, 0.3) is 11.6 Å². The standard InChI is InChI=1S/C11H6Cl2N4O3/c12-9-8(10(13)15-5-14-9)16-11(18)6-1-3-7(4-2-6)17(19)20/h1-5H,(H,16,18). The second kappa shape index (κ2) is 5.81. The number of non-ortho nitro benzene ring substituents is 1. The van der Waals surface area contributed by atoms with E-state index in [0.29, 0.717) is 0 Å². The number of carbonyl (C=O) groups excluding carboxylic acids is 1. The lowest BCUT2D eigenvalue weighted by Gasteiger charge is -2.07. The molecule has 0 aliphatic heterocycles. The van der Waals surface area contributed by atoms with Gasteiger partial charge in [-0.05, 0) is 12.1 Å². The molecule has 0 aliphatic carbocycles. The fourth-order valence-electron chi connectivity index (χ4n) is 1.37. The summed E-state index contributed by atoms with van der Waals surface area (Å²) in [4.78, 5) is 29.3. The van der Waals surface area contributed by atoms with E-state index in [9.17, 15) is 14.9 Å². The third-order valence-corrected chi connectivity index (χ3v) is 2.91. The largest absolute Gasteiger partial charge is 0.317 e. The van der Waals surface area contributed by atoms with Gasteiger partial charge in [0, 0.05) is 17.7 Å². The number of rotatable bonds is 3. The van der Waals surface area contributed by atoms with Gasteiger partial charge in [0.05, 0.1) is 4.92 Å². The minimum Gasteiger partial charge on any atom is -0.317 e. The number of nitro benzene ring substituents is 1. The van der Waals surface area contributed by atoms with Crippen molar-refractivity contribution in [3.05, 3.63) is 56.6 Å². The number of anilines is 1. The Hall–Kier alpha value is -2.25. The minimum absolute atomic E-state index is 0.000242. The van der Waals surface area contributed by atoms with Crippen molar-refractivity contribution in [1.82, 2.24) is 9.97 Å². The molecule has 1 heterocycles. The van der Waals surface area contributed by atoms with E-state index in [-0.39, 0.29) is 27.2 Å². The molecule has 20 heavy (non-hydrogen) atoms. The summed E-state index contributed by atoms with van der Waals surface area (Å²) in [5, 5.41) is 13.0.